The minimum Gasteiger partial charge on any atom is -0.198 e. The molecule has 0 bridgehead atoms. The maximum absolute atomic E-state index is 8.69. The second-order valence-corrected chi connectivity index (χ2v) is 2.58. The van der Waals surface area contributed by atoms with Crippen molar-refractivity contribution in [2.45, 2.75) is 12.8 Å². The van der Waals surface area contributed by atoms with Gasteiger partial charge < -0.3 is 0 Å². The summed E-state index contributed by atoms with van der Waals surface area (Å²) in [5.74, 6) is 2.43. The molecule has 0 N–H and O–H groups in total. The molecule has 0 radical (unpaired) electrons. The van der Waals surface area contributed by atoms with Gasteiger partial charge in [-0.15, -0.1) is 6.42 Å². The Morgan fingerprint density at radius 1 is 1.42 bits per heavy atom. The largest absolute Gasteiger partial charge is 0.198 e. The van der Waals surface area contributed by atoms with Crippen molar-refractivity contribution >= 4 is 0 Å². The minimum absolute atomic E-state index is 0.128. The third kappa shape index (κ3) is 1.47. The van der Waals surface area contributed by atoms with Gasteiger partial charge in [-0.2, -0.15) is 5.26 Å². The molecule has 1 aromatic rings. The van der Waals surface area contributed by atoms with E-state index in [0.29, 0.717) is 0 Å². The summed E-state index contributed by atoms with van der Waals surface area (Å²) in [5, 5.41) is 8.69. The van der Waals surface area contributed by atoms with Crippen LogP contribution in [0.15, 0.2) is 24.3 Å². The SMILES string of the molecule is C#Cc1ccccc1C(C)C#N. The summed E-state index contributed by atoms with van der Waals surface area (Å²) in [6.45, 7) is 1.84. The molecule has 0 fully saturated rings. The Bertz CT molecular complexity index is 352. The molecule has 1 unspecified atom stereocenters. The third-order valence-electron chi connectivity index (χ3n) is 1.78. The average molecular weight is 155 g/mol. The third-order valence-corrected chi connectivity index (χ3v) is 1.78. The van der Waals surface area contributed by atoms with Crippen molar-refractivity contribution in [3.8, 4) is 18.4 Å². The van der Waals surface area contributed by atoms with Gasteiger partial charge in [-0.3, -0.25) is 0 Å². The summed E-state index contributed by atoms with van der Waals surface area (Å²) >= 11 is 0. The van der Waals surface area contributed by atoms with Crippen molar-refractivity contribution in [2.24, 2.45) is 0 Å². The van der Waals surface area contributed by atoms with Crippen molar-refractivity contribution in [1.29, 1.82) is 5.26 Å². The van der Waals surface area contributed by atoms with E-state index in [1.54, 1.807) is 0 Å². The lowest BCUT2D eigenvalue weighted by molar-refractivity contribution is 0.977. The molecule has 0 aliphatic carbocycles. The van der Waals surface area contributed by atoms with Crippen molar-refractivity contribution < 1.29 is 0 Å². The number of hydrogen-bond donors (Lipinski definition) is 0. The van der Waals surface area contributed by atoms with Crippen molar-refractivity contribution in [3.63, 3.8) is 0 Å². The summed E-state index contributed by atoms with van der Waals surface area (Å²) in [4.78, 5) is 0. The highest BCUT2D eigenvalue weighted by atomic mass is 14.3. The fourth-order valence-electron chi connectivity index (χ4n) is 1.08. The maximum Gasteiger partial charge on any atom is 0.0701 e. The van der Waals surface area contributed by atoms with Crippen LogP contribution < -0.4 is 0 Å². The number of hydrogen-bond acceptors (Lipinski definition) is 1. The van der Waals surface area contributed by atoms with Crippen molar-refractivity contribution in [3.05, 3.63) is 35.4 Å². The highest BCUT2D eigenvalue weighted by molar-refractivity contribution is 5.43. The van der Waals surface area contributed by atoms with Crippen LogP contribution in [0.25, 0.3) is 0 Å². The molecule has 0 aliphatic rings. The Morgan fingerprint density at radius 2 is 2.08 bits per heavy atom. The summed E-state index contributed by atoms with van der Waals surface area (Å²) in [6, 6.07) is 9.67. The Labute approximate surface area is 72.6 Å². The Hall–Kier alpha value is -1.73. The van der Waals surface area contributed by atoms with E-state index in [0.717, 1.165) is 11.1 Å². The molecular weight excluding hydrogens is 146 g/mol. The first-order valence-corrected chi connectivity index (χ1v) is 3.74. The van der Waals surface area contributed by atoms with Crippen molar-refractivity contribution in [2.75, 3.05) is 0 Å². The highest BCUT2D eigenvalue weighted by Gasteiger charge is 2.06. The molecule has 0 aliphatic heterocycles. The zero-order valence-electron chi connectivity index (χ0n) is 6.91. The van der Waals surface area contributed by atoms with Crippen LogP contribution in [0.2, 0.25) is 0 Å². The van der Waals surface area contributed by atoms with Gasteiger partial charge in [0.2, 0.25) is 0 Å². The zero-order chi connectivity index (χ0) is 8.97. The van der Waals surface area contributed by atoms with Gasteiger partial charge in [-0.1, -0.05) is 24.1 Å². The number of nitrogens with zero attached hydrogens (tertiary/aromatic N) is 1. The van der Waals surface area contributed by atoms with E-state index in [1.165, 1.54) is 0 Å². The average Bonchev–Trinajstić information content (AvgIpc) is 2.16. The molecule has 0 saturated heterocycles. The Kier molecular flexibility index (Phi) is 2.51. The molecule has 0 aromatic heterocycles. The van der Waals surface area contributed by atoms with Crippen LogP contribution in [0, 0.1) is 23.7 Å². The van der Waals surface area contributed by atoms with Crippen LogP contribution in [0.5, 0.6) is 0 Å². The topological polar surface area (TPSA) is 23.8 Å². The second-order valence-electron chi connectivity index (χ2n) is 2.58. The minimum atomic E-state index is -0.128. The lowest BCUT2D eigenvalue weighted by Gasteiger charge is -2.04. The van der Waals surface area contributed by atoms with E-state index < -0.39 is 0 Å². The highest BCUT2D eigenvalue weighted by Crippen LogP contribution is 2.17. The van der Waals surface area contributed by atoms with Crippen LogP contribution >= 0.6 is 0 Å². The first-order valence-electron chi connectivity index (χ1n) is 3.74. The van der Waals surface area contributed by atoms with Crippen LogP contribution in [0.3, 0.4) is 0 Å². The zero-order valence-corrected chi connectivity index (χ0v) is 6.91. The first kappa shape index (κ1) is 8.37. The van der Waals surface area contributed by atoms with Crippen molar-refractivity contribution in [1.82, 2.24) is 0 Å². The molecule has 0 saturated carbocycles. The Morgan fingerprint density at radius 3 is 2.67 bits per heavy atom. The molecule has 12 heavy (non-hydrogen) atoms. The van der Waals surface area contributed by atoms with Crippen LogP contribution in [-0.4, -0.2) is 0 Å². The van der Waals surface area contributed by atoms with Gasteiger partial charge in [0.1, 0.15) is 0 Å². The summed E-state index contributed by atoms with van der Waals surface area (Å²) in [6.07, 6.45) is 5.28. The van der Waals surface area contributed by atoms with Gasteiger partial charge in [0.25, 0.3) is 0 Å². The smallest absolute Gasteiger partial charge is 0.0701 e. The van der Waals surface area contributed by atoms with Crippen LogP contribution in [0.4, 0.5) is 0 Å². The summed E-state index contributed by atoms with van der Waals surface area (Å²) in [7, 11) is 0. The molecule has 0 spiro atoms. The number of rotatable bonds is 1. The summed E-state index contributed by atoms with van der Waals surface area (Å²) < 4.78 is 0. The van der Waals surface area contributed by atoms with Gasteiger partial charge >= 0.3 is 0 Å². The molecule has 1 aromatic carbocycles. The van der Waals surface area contributed by atoms with Gasteiger partial charge in [0.05, 0.1) is 12.0 Å². The normalized spacial score (nSPS) is 11.2. The van der Waals surface area contributed by atoms with E-state index >= 15 is 0 Å². The van der Waals surface area contributed by atoms with E-state index in [2.05, 4.69) is 12.0 Å². The van der Waals surface area contributed by atoms with Crippen LogP contribution in [-0.2, 0) is 0 Å². The molecule has 1 nitrogen and oxygen atoms in total. The van der Waals surface area contributed by atoms with E-state index in [-0.39, 0.29) is 5.92 Å². The van der Waals surface area contributed by atoms with Gasteiger partial charge in [0, 0.05) is 5.56 Å². The monoisotopic (exact) mass is 155 g/mol. The molecule has 58 valence electrons. The standard InChI is InChI=1S/C11H9N/c1-3-10-6-4-5-7-11(10)9(2)8-12/h1,4-7,9H,2H3. The first-order chi connectivity index (χ1) is 5.79. The predicted octanol–water partition coefficient (Wildman–Crippen LogP) is 2.29. The number of nitriles is 1. The lowest BCUT2D eigenvalue weighted by atomic mass is 9.97. The van der Waals surface area contributed by atoms with Gasteiger partial charge in [-0.05, 0) is 18.6 Å². The van der Waals surface area contributed by atoms with E-state index in [9.17, 15) is 0 Å². The number of terminal acetylenes is 1. The predicted molar refractivity (Wildman–Crippen MR) is 48.4 cm³/mol. The molecule has 1 atom stereocenters. The van der Waals surface area contributed by atoms with Crippen LogP contribution in [0.1, 0.15) is 24.0 Å². The maximum atomic E-state index is 8.69. The quantitative estimate of drug-likeness (QED) is 0.571. The van der Waals surface area contributed by atoms with Gasteiger partial charge in [0.15, 0.2) is 0 Å². The Balaban J connectivity index is 3.18. The molecule has 1 heteroatoms. The fourth-order valence-corrected chi connectivity index (χ4v) is 1.08. The van der Waals surface area contributed by atoms with Gasteiger partial charge in [-0.25, -0.2) is 0 Å². The van der Waals surface area contributed by atoms with E-state index in [4.69, 9.17) is 11.7 Å². The lowest BCUT2D eigenvalue weighted by Crippen LogP contribution is -1.92. The second kappa shape index (κ2) is 3.60. The summed E-state index contributed by atoms with van der Waals surface area (Å²) in [5.41, 5.74) is 1.74. The van der Waals surface area contributed by atoms with E-state index in [1.807, 2.05) is 31.2 Å². The fraction of sp³-hybridized carbons (Fsp3) is 0.182. The molecule has 0 amide bonds. The molecule has 0 heterocycles. The number of benzene rings is 1. The molecule has 1 rings (SSSR count). The molecular formula is C11H9N.